The standard InChI is InChI=1S/C10H17NO3/c1-5-8(11-6-7-12)9(13)14-10(2,3)4/h5,7-8,11H,1,6H2,2-4H3/t8-/m0/s1. The van der Waals surface area contributed by atoms with E-state index in [9.17, 15) is 9.59 Å². The molecule has 0 spiro atoms. The molecule has 0 aromatic heterocycles. The topological polar surface area (TPSA) is 55.4 Å². The van der Waals surface area contributed by atoms with Gasteiger partial charge in [0.2, 0.25) is 0 Å². The van der Waals surface area contributed by atoms with Crippen LogP contribution in [-0.4, -0.2) is 30.4 Å². The lowest BCUT2D eigenvalue weighted by atomic mass is 10.2. The Hall–Kier alpha value is -1.16. The molecular formula is C10H17NO3. The van der Waals surface area contributed by atoms with E-state index >= 15 is 0 Å². The summed E-state index contributed by atoms with van der Waals surface area (Å²) in [5.74, 6) is -0.422. The lowest BCUT2D eigenvalue weighted by molar-refractivity contribution is -0.155. The number of aldehydes is 1. The molecule has 0 saturated carbocycles. The van der Waals surface area contributed by atoms with Gasteiger partial charge >= 0.3 is 5.97 Å². The van der Waals surface area contributed by atoms with Crippen LogP contribution in [0.1, 0.15) is 20.8 Å². The Kier molecular flexibility index (Phi) is 5.09. The highest BCUT2D eigenvalue weighted by Crippen LogP contribution is 2.08. The molecule has 0 aliphatic rings. The van der Waals surface area contributed by atoms with Crippen molar-refractivity contribution >= 4 is 12.3 Å². The second-order valence-electron chi connectivity index (χ2n) is 3.82. The molecule has 1 N–H and O–H groups in total. The Labute approximate surface area is 84.3 Å². The maximum Gasteiger partial charge on any atom is 0.327 e. The summed E-state index contributed by atoms with van der Waals surface area (Å²) < 4.78 is 5.10. The number of carbonyl (C=O) groups excluding carboxylic acids is 2. The van der Waals surface area contributed by atoms with E-state index in [1.807, 2.05) is 0 Å². The molecule has 0 rings (SSSR count). The second kappa shape index (κ2) is 5.54. The Bertz CT molecular complexity index is 218. The van der Waals surface area contributed by atoms with E-state index in [4.69, 9.17) is 4.74 Å². The maximum atomic E-state index is 11.4. The minimum atomic E-state index is -0.626. The predicted octanol–water partition coefficient (Wildman–Crippen LogP) is 0.671. The van der Waals surface area contributed by atoms with Crippen LogP contribution < -0.4 is 5.32 Å². The fourth-order valence-electron chi connectivity index (χ4n) is 0.803. The van der Waals surface area contributed by atoms with Gasteiger partial charge in [0.25, 0.3) is 0 Å². The molecule has 0 unspecified atom stereocenters. The molecule has 0 aliphatic carbocycles. The van der Waals surface area contributed by atoms with Crippen LogP contribution in [0.5, 0.6) is 0 Å². The van der Waals surface area contributed by atoms with Gasteiger partial charge in [0.15, 0.2) is 0 Å². The smallest absolute Gasteiger partial charge is 0.327 e. The van der Waals surface area contributed by atoms with E-state index in [-0.39, 0.29) is 6.54 Å². The van der Waals surface area contributed by atoms with Crippen LogP contribution in [-0.2, 0) is 14.3 Å². The summed E-state index contributed by atoms with van der Waals surface area (Å²) in [6.45, 7) is 8.94. The van der Waals surface area contributed by atoms with Gasteiger partial charge in [-0.3, -0.25) is 5.32 Å². The second-order valence-corrected chi connectivity index (χ2v) is 3.82. The van der Waals surface area contributed by atoms with E-state index in [0.717, 1.165) is 0 Å². The van der Waals surface area contributed by atoms with Gasteiger partial charge in [-0.15, -0.1) is 6.58 Å². The van der Waals surface area contributed by atoms with Crippen LogP contribution in [0.4, 0.5) is 0 Å². The van der Waals surface area contributed by atoms with Gasteiger partial charge in [0, 0.05) is 0 Å². The Morgan fingerprint density at radius 2 is 2.14 bits per heavy atom. The van der Waals surface area contributed by atoms with Gasteiger partial charge in [0.1, 0.15) is 17.9 Å². The Morgan fingerprint density at radius 3 is 2.50 bits per heavy atom. The average molecular weight is 199 g/mol. The van der Waals surface area contributed by atoms with Crippen LogP contribution in [0.15, 0.2) is 12.7 Å². The zero-order valence-electron chi connectivity index (χ0n) is 8.87. The summed E-state index contributed by atoms with van der Waals surface area (Å²) in [5.41, 5.74) is -0.527. The molecule has 0 amide bonds. The quantitative estimate of drug-likeness (QED) is 0.402. The first-order valence-electron chi connectivity index (χ1n) is 4.43. The molecule has 1 atom stereocenters. The number of carbonyl (C=O) groups is 2. The van der Waals surface area contributed by atoms with Gasteiger partial charge in [0.05, 0.1) is 6.54 Å². The molecular weight excluding hydrogens is 182 g/mol. The van der Waals surface area contributed by atoms with Crippen molar-refractivity contribution in [1.29, 1.82) is 0 Å². The summed E-state index contributed by atoms with van der Waals surface area (Å²) in [6.07, 6.45) is 2.10. The van der Waals surface area contributed by atoms with E-state index in [0.29, 0.717) is 6.29 Å². The SMILES string of the molecule is C=C[C@H](NCC=O)C(=O)OC(C)(C)C. The van der Waals surface area contributed by atoms with Crippen LogP contribution in [0, 0.1) is 0 Å². The molecule has 80 valence electrons. The molecule has 0 aromatic carbocycles. The number of rotatable bonds is 5. The Morgan fingerprint density at radius 1 is 1.57 bits per heavy atom. The average Bonchev–Trinajstić information content (AvgIpc) is 2.02. The van der Waals surface area contributed by atoms with E-state index in [1.54, 1.807) is 20.8 Å². The molecule has 0 heterocycles. The normalized spacial score (nSPS) is 13.1. The van der Waals surface area contributed by atoms with Gasteiger partial charge < -0.3 is 9.53 Å². The third-order valence-electron chi connectivity index (χ3n) is 1.32. The molecule has 0 fully saturated rings. The summed E-state index contributed by atoms with van der Waals surface area (Å²) in [5, 5.41) is 2.68. The van der Waals surface area contributed by atoms with Crippen LogP contribution >= 0.6 is 0 Å². The third kappa shape index (κ3) is 5.48. The summed E-state index contributed by atoms with van der Waals surface area (Å²) in [7, 11) is 0. The fraction of sp³-hybridized carbons (Fsp3) is 0.600. The number of hydrogen-bond acceptors (Lipinski definition) is 4. The van der Waals surface area contributed by atoms with E-state index in [1.165, 1.54) is 6.08 Å². The van der Waals surface area contributed by atoms with Gasteiger partial charge in [-0.1, -0.05) is 6.08 Å². The first-order chi connectivity index (χ1) is 6.40. The lowest BCUT2D eigenvalue weighted by Gasteiger charge is -2.22. The number of hydrogen-bond donors (Lipinski definition) is 1. The largest absolute Gasteiger partial charge is 0.459 e. The van der Waals surface area contributed by atoms with Crippen molar-refractivity contribution in [3.05, 3.63) is 12.7 Å². The highest BCUT2D eigenvalue weighted by molar-refractivity contribution is 5.78. The molecule has 0 aliphatic heterocycles. The molecule has 0 bridgehead atoms. The molecule has 0 radical (unpaired) electrons. The van der Waals surface area contributed by atoms with E-state index < -0.39 is 17.6 Å². The van der Waals surface area contributed by atoms with Gasteiger partial charge in [-0.25, -0.2) is 4.79 Å². The zero-order chi connectivity index (χ0) is 11.2. The minimum Gasteiger partial charge on any atom is -0.459 e. The molecule has 4 heteroatoms. The molecule has 4 nitrogen and oxygen atoms in total. The molecule has 14 heavy (non-hydrogen) atoms. The van der Waals surface area contributed by atoms with Crippen LogP contribution in [0.2, 0.25) is 0 Å². The van der Waals surface area contributed by atoms with Crippen molar-refractivity contribution in [3.8, 4) is 0 Å². The first kappa shape index (κ1) is 12.8. The van der Waals surface area contributed by atoms with Crippen LogP contribution in [0.3, 0.4) is 0 Å². The van der Waals surface area contributed by atoms with Gasteiger partial charge in [-0.05, 0) is 20.8 Å². The van der Waals surface area contributed by atoms with Crippen molar-refractivity contribution < 1.29 is 14.3 Å². The van der Waals surface area contributed by atoms with Crippen molar-refractivity contribution in [2.24, 2.45) is 0 Å². The van der Waals surface area contributed by atoms with E-state index in [2.05, 4.69) is 11.9 Å². The molecule has 0 aromatic rings. The summed E-state index contributed by atoms with van der Waals surface area (Å²) >= 11 is 0. The van der Waals surface area contributed by atoms with Gasteiger partial charge in [-0.2, -0.15) is 0 Å². The third-order valence-corrected chi connectivity index (χ3v) is 1.32. The highest BCUT2D eigenvalue weighted by Gasteiger charge is 2.21. The zero-order valence-corrected chi connectivity index (χ0v) is 8.87. The highest BCUT2D eigenvalue weighted by atomic mass is 16.6. The van der Waals surface area contributed by atoms with Crippen molar-refractivity contribution in [2.45, 2.75) is 32.4 Å². The number of esters is 1. The number of nitrogens with one attached hydrogen (secondary N) is 1. The van der Waals surface area contributed by atoms with Crippen LogP contribution in [0.25, 0.3) is 0 Å². The first-order valence-corrected chi connectivity index (χ1v) is 4.43. The maximum absolute atomic E-state index is 11.4. The minimum absolute atomic E-state index is 0.107. The van der Waals surface area contributed by atoms with Crippen molar-refractivity contribution in [3.63, 3.8) is 0 Å². The molecule has 0 saturated heterocycles. The number of ether oxygens (including phenoxy) is 1. The summed E-state index contributed by atoms with van der Waals surface area (Å²) in [6, 6.07) is -0.626. The predicted molar refractivity (Wildman–Crippen MR) is 53.9 cm³/mol. The van der Waals surface area contributed by atoms with Crippen molar-refractivity contribution in [2.75, 3.05) is 6.54 Å². The van der Waals surface area contributed by atoms with Crippen molar-refractivity contribution in [1.82, 2.24) is 5.32 Å². The fourth-order valence-corrected chi connectivity index (χ4v) is 0.803. The lowest BCUT2D eigenvalue weighted by Crippen LogP contribution is -2.40. The monoisotopic (exact) mass is 199 g/mol. The summed E-state index contributed by atoms with van der Waals surface area (Å²) in [4.78, 5) is 21.5. The Balaban J connectivity index is 4.17.